The van der Waals surface area contributed by atoms with Crippen molar-refractivity contribution in [3.05, 3.63) is 35.4 Å². The van der Waals surface area contributed by atoms with Gasteiger partial charge in [-0.25, -0.2) is 0 Å². The van der Waals surface area contributed by atoms with Gasteiger partial charge in [-0.3, -0.25) is 4.79 Å². The number of aryl methyl sites for hydroxylation is 1. The maximum atomic E-state index is 11.9. The third kappa shape index (κ3) is 3.28. The topological polar surface area (TPSA) is 50.4 Å². The molecule has 1 aliphatic heterocycles. The molecule has 2 N–H and O–H groups in total. The fourth-order valence-electron chi connectivity index (χ4n) is 1.89. The summed E-state index contributed by atoms with van der Waals surface area (Å²) in [5.74, 6) is -0.0181. The number of hydrogen-bond donors (Lipinski definition) is 2. The van der Waals surface area contributed by atoms with E-state index in [0.717, 1.165) is 24.3 Å². The van der Waals surface area contributed by atoms with Crippen LogP contribution in [-0.4, -0.2) is 38.3 Å². The van der Waals surface area contributed by atoms with Crippen molar-refractivity contribution < 1.29 is 9.53 Å². The summed E-state index contributed by atoms with van der Waals surface area (Å²) in [6, 6.07) is 7.82. The van der Waals surface area contributed by atoms with E-state index in [2.05, 4.69) is 10.6 Å². The molecule has 1 aromatic carbocycles. The van der Waals surface area contributed by atoms with Crippen molar-refractivity contribution in [2.24, 2.45) is 0 Å². The third-order valence-electron chi connectivity index (χ3n) is 2.90. The van der Waals surface area contributed by atoms with Crippen molar-refractivity contribution in [1.82, 2.24) is 10.6 Å². The van der Waals surface area contributed by atoms with Crippen LogP contribution in [-0.2, 0) is 4.74 Å². The summed E-state index contributed by atoms with van der Waals surface area (Å²) in [6.45, 7) is 4.81. The molecule has 1 aliphatic rings. The van der Waals surface area contributed by atoms with Crippen LogP contribution in [0, 0.1) is 6.92 Å². The molecule has 0 radical (unpaired) electrons. The summed E-state index contributed by atoms with van der Waals surface area (Å²) in [5.41, 5.74) is 1.74. The summed E-state index contributed by atoms with van der Waals surface area (Å²) in [7, 11) is 0. The van der Waals surface area contributed by atoms with Gasteiger partial charge in [0.05, 0.1) is 13.2 Å². The number of hydrogen-bond acceptors (Lipinski definition) is 3. The minimum atomic E-state index is -0.0181. The van der Waals surface area contributed by atoms with Gasteiger partial charge in [0.2, 0.25) is 0 Å². The molecule has 0 aliphatic carbocycles. The average molecular weight is 234 g/mol. The van der Waals surface area contributed by atoms with E-state index >= 15 is 0 Å². The SMILES string of the molecule is Cc1ccccc1C(=O)NCC1COCCN1. The van der Waals surface area contributed by atoms with Gasteiger partial charge < -0.3 is 15.4 Å². The number of carbonyl (C=O) groups is 1. The van der Waals surface area contributed by atoms with Crippen LogP contribution >= 0.6 is 0 Å². The largest absolute Gasteiger partial charge is 0.378 e. The maximum absolute atomic E-state index is 11.9. The first-order valence-electron chi connectivity index (χ1n) is 5.92. The highest BCUT2D eigenvalue weighted by atomic mass is 16.5. The van der Waals surface area contributed by atoms with Crippen LogP contribution in [0.25, 0.3) is 0 Å². The Hall–Kier alpha value is -1.39. The molecule has 2 rings (SSSR count). The zero-order valence-electron chi connectivity index (χ0n) is 10.0. The van der Waals surface area contributed by atoms with Gasteiger partial charge in [0.15, 0.2) is 0 Å². The van der Waals surface area contributed by atoms with Crippen molar-refractivity contribution in [1.29, 1.82) is 0 Å². The second kappa shape index (κ2) is 5.80. The van der Waals surface area contributed by atoms with Gasteiger partial charge in [-0.1, -0.05) is 18.2 Å². The zero-order valence-corrected chi connectivity index (χ0v) is 10.0. The Bertz CT molecular complexity index is 387. The van der Waals surface area contributed by atoms with E-state index in [1.165, 1.54) is 0 Å². The average Bonchev–Trinajstić information content (AvgIpc) is 2.38. The van der Waals surface area contributed by atoms with E-state index in [1.54, 1.807) is 0 Å². The van der Waals surface area contributed by atoms with Gasteiger partial charge in [-0.2, -0.15) is 0 Å². The van der Waals surface area contributed by atoms with E-state index < -0.39 is 0 Å². The van der Waals surface area contributed by atoms with Crippen LogP contribution < -0.4 is 10.6 Å². The van der Waals surface area contributed by atoms with Gasteiger partial charge in [0.25, 0.3) is 5.91 Å². The van der Waals surface area contributed by atoms with Gasteiger partial charge in [0.1, 0.15) is 0 Å². The normalized spacial score (nSPS) is 19.9. The van der Waals surface area contributed by atoms with Crippen LogP contribution in [0.2, 0.25) is 0 Å². The summed E-state index contributed by atoms with van der Waals surface area (Å²) in [5, 5.41) is 6.23. The van der Waals surface area contributed by atoms with E-state index in [1.807, 2.05) is 31.2 Å². The molecule has 1 atom stereocenters. The third-order valence-corrected chi connectivity index (χ3v) is 2.90. The van der Waals surface area contributed by atoms with Crippen LogP contribution in [0.4, 0.5) is 0 Å². The highest BCUT2D eigenvalue weighted by Gasteiger charge is 2.14. The Morgan fingerprint density at radius 3 is 3.06 bits per heavy atom. The fourth-order valence-corrected chi connectivity index (χ4v) is 1.89. The Morgan fingerprint density at radius 2 is 2.35 bits per heavy atom. The van der Waals surface area contributed by atoms with Crippen molar-refractivity contribution in [2.45, 2.75) is 13.0 Å². The Balaban J connectivity index is 1.87. The predicted octanol–water partition coefficient (Wildman–Crippen LogP) is 0.713. The number of carbonyl (C=O) groups excluding carboxylic acids is 1. The minimum Gasteiger partial charge on any atom is -0.378 e. The molecule has 0 spiro atoms. The number of nitrogens with one attached hydrogen (secondary N) is 2. The Kier molecular flexibility index (Phi) is 4.12. The minimum absolute atomic E-state index is 0.0181. The molecule has 0 bridgehead atoms. The van der Waals surface area contributed by atoms with Crippen molar-refractivity contribution in [3.8, 4) is 0 Å². The van der Waals surface area contributed by atoms with Gasteiger partial charge in [-0.05, 0) is 18.6 Å². The molecule has 1 fully saturated rings. The fraction of sp³-hybridized carbons (Fsp3) is 0.462. The molecular weight excluding hydrogens is 216 g/mol. The van der Waals surface area contributed by atoms with E-state index in [0.29, 0.717) is 13.2 Å². The highest BCUT2D eigenvalue weighted by molar-refractivity contribution is 5.95. The molecular formula is C13H18N2O2. The predicted molar refractivity (Wildman–Crippen MR) is 66.1 cm³/mol. The number of benzene rings is 1. The van der Waals surface area contributed by atoms with Gasteiger partial charge in [-0.15, -0.1) is 0 Å². The second-order valence-electron chi connectivity index (χ2n) is 4.25. The lowest BCUT2D eigenvalue weighted by atomic mass is 10.1. The zero-order chi connectivity index (χ0) is 12.1. The first kappa shape index (κ1) is 12.1. The first-order chi connectivity index (χ1) is 8.27. The molecule has 4 heteroatoms. The monoisotopic (exact) mass is 234 g/mol. The Labute approximate surface area is 101 Å². The number of rotatable bonds is 3. The molecule has 1 amide bonds. The van der Waals surface area contributed by atoms with E-state index in [-0.39, 0.29) is 11.9 Å². The molecule has 0 saturated carbocycles. The lowest BCUT2D eigenvalue weighted by Crippen LogP contribution is -2.48. The first-order valence-corrected chi connectivity index (χ1v) is 5.92. The number of amides is 1. The molecule has 1 heterocycles. The summed E-state index contributed by atoms with van der Waals surface area (Å²) >= 11 is 0. The van der Waals surface area contributed by atoms with Gasteiger partial charge >= 0.3 is 0 Å². The lowest BCUT2D eigenvalue weighted by molar-refractivity contribution is 0.0734. The standard InChI is InChI=1S/C13H18N2O2/c1-10-4-2-3-5-12(10)13(16)15-8-11-9-17-7-6-14-11/h2-5,11,14H,6-9H2,1H3,(H,15,16). The van der Waals surface area contributed by atoms with Crippen molar-refractivity contribution in [2.75, 3.05) is 26.3 Å². The smallest absolute Gasteiger partial charge is 0.251 e. The van der Waals surface area contributed by atoms with E-state index in [4.69, 9.17) is 4.74 Å². The van der Waals surface area contributed by atoms with Crippen LogP contribution in [0.15, 0.2) is 24.3 Å². The summed E-state index contributed by atoms with van der Waals surface area (Å²) < 4.78 is 5.33. The number of morpholine rings is 1. The van der Waals surface area contributed by atoms with Crippen molar-refractivity contribution in [3.63, 3.8) is 0 Å². The molecule has 92 valence electrons. The molecule has 17 heavy (non-hydrogen) atoms. The van der Waals surface area contributed by atoms with Crippen LogP contribution in [0.3, 0.4) is 0 Å². The highest BCUT2D eigenvalue weighted by Crippen LogP contribution is 2.06. The molecule has 1 unspecified atom stereocenters. The van der Waals surface area contributed by atoms with Crippen molar-refractivity contribution >= 4 is 5.91 Å². The lowest BCUT2D eigenvalue weighted by Gasteiger charge is -2.24. The second-order valence-corrected chi connectivity index (χ2v) is 4.25. The van der Waals surface area contributed by atoms with E-state index in [9.17, 15) is 4.79 Å². The maximum Gasteiger partial charge on any atom is 0.251 e. The quantitative estimate of drug-likeness (QED) is 0.810. The Morgan fingerprint density at radius 1 is 1.53 bits per heavy atom. The summed E-state index contributed by atoms with van der Waals surface area (Å²) in [6.07, 6.45) is 0. The summed E-state index contributed by atoms with van der Waals surface area (Å²) in [4.78, 5) is 11.9. The molecule has 1 aromatic rings. The number of ether oxygens (including phenoxy) is 1. The van der Waals surface area contributed by atoms with Crippen LogP contribution in [0.5, 0.6) is 0 Å². The molecule has 0 aromatic heterocycles. The molecule has 1 saturated heterocycles. The van der Waals surface area contributed by atoms with Gasteiger partial charge in [0, 0.05) is 24.7 Å². The van der Waals surface area contributed by atoms with Crippen LogP contribution in [0.1, 0.15) is 15.9 Å². The molecule has 4 nitrogen and oxygen atoms in total.